The Morgan fingerprint density at radius 3 is 1.95 bits per heavy atom. The molecule has 9 heteroatoms. The van der Waals surface area contributed by atoms with Crippen LogP contribution in [0.3, 0.4) is 0 Å². The van der Waals surface area contributed by atoms with E-state index in [4.69, 9.17) is 9.47 Å². The molecule has 3 atom stereocenters. The minimum atomic E-state index is -1.36. The normalized spacial score (nSPS) is 13.0. The fourth-order valence-electron chi connectivity index (χ4n) is 3.54. The SMILES string of the molecule is COC(=O)[C@@H](CC[S@@](=O)c1ccccc1)NC(=O)[C@H](Cc1ccccc1)NC(=O)OCc1ccccc1. The molecule has 3 rings (SSSR count). The van der Waals surface area contributed by atoms with Gasteiger partial charge >= 0.3 is 12.1 Å². The molecule has 2 N–H and O–H groups in total. The van der Waals surface area contributed by atoms with Gasteiger partial charge in [-0.15, -0.1) is 0 Å². The molecule has 194 valence electrons. The van der Waals surface area contributed by atoms with Crippen LogP contribution in [0.2, 0.25) is 0 Å². The molecule has 8 nitrogen and oxygen atoms in total. The van der Waals surface area contributed by atoms with Gasteiger partial charge in [-0.3, -0.25) is 9.00 Å². The number of nitrogens with one attached hydrogen (secondary N) is 2. The third kappa shape index (κ3) is 9.20. The van der Waals surface area contributed by atoms with E-state index in [9.17, 15) is 18.6 Å². The van der Waals surface area contributed by atoms with E-state index < -0.39 is 40.9 Å². The first-order chi connectivity index (χ1) is 18.0. The largest absolute Gasteiger partial charge is 0.467 e. The number of alkyl carbamates (subject to hydrolysis) is 1. The van der Waals surface area contributed by atoms with Crippen molar-refractivity contribution in [3.8, 4) is 0 Å². The average Bonchev–Trinajstić information content (AvgIpc) is 2.94. The van der Waals surface area contributed by atoms with E-state index in [1.54, 1.807) is 24.3 Å². The van der Waals surface area contributed by atoms with Crippen LogP contribution >= 0.6 is 0 Å². The topological polar surface area (TPSA) is 111 Å². The number of amides is 2. The van der Waals surface area contributed by atoms with Crippen LogP contribution < -0.4 is 10.6 Å². The zero-order valence-electron chi connectivity index (χ0n) is 20.5. The maximum atomic E-state index is 13.2. The van der Waals surface area contributed by atoms with E-state index in [-0.39, 0.29) is 25.2 Å². The van der Waals surface area contributed by atoms with E-state index in [0.29, 0.717) is 4.90 Å². The monoisotopic (exact) mass is 522 g/mol. The van der Waals surface area contributed by atoms with Crippen molar-refractivity contribution in [1.29, 1.82) is 0 Å². The molecule has 0 saturated carbocycles. The predicted molar refractivity (Wildman–Crippen MR) is 140 cm³/mol. The quantitative estimate of drug-likeness (QED) is 0.353. The Hall–Kier alpha value is -3.98. The summed E-state index contributed by atoms with van der Waals surface area (Å²) in [6.07, 6.45) is -0.493. The highest BCUT2D eigenvalue weighted by molar-refractivity contribution is 7.85. The Labute approximate surface area is 218 Å². The first-order valence-corrected chi connectivity index (χ1v) is 13.1. The molecule has 37 heavy (non-hydrogen) atoms. The molecule has 0 bridgehead atoms. The van der Waals surface area contributed by atoms with Crippen LogP contribution in [-0.4, -0.2) is 47.1 Å². The number of carbonyl (C=O) groups is 3. The maximum absolute atomic E-state index is 13.2. The van der Waals surface area contributed by atoms with Crippen LogP contribution in [0.4, 0.5) is 4.79 Å². The van der Waals surface area contributed by atoms with E-state index >= 15 is 0 Å². The molecule has 0 saturated heterocycles. The van der Waals surface area contributed by atoms with Crippen LogP contribution in [0.5, 0.6) is 0 Å². The van der Waals surface area contributed by atoms with Crippen molar-refractivity contribution in [1.82, 2.24) is 10.6 Å². The second-order valence-electron chi connectivity index (χ2n) is 8.18. The van der Waals surface area contributed by atoms with Gasteiger partial charge in [0.15, 0.2) is 0 Å². The number of hydrogen-bond acceptors (Lipinski definition) is 6. The van der Waals surface area contributed by atoms with Gasteiger partial charge in [-0.05, 0) is 29.7 Å². The van der Waals surface area contributed by atoms with Crippen LogP contribution in [0.1, 0.15) is 17.5 Å². The average molecular weight is 523 g/mol. The predicted octanol–water partition coefficient (Wildman–Crippen LogP) is 3.38. The van der Waals surface area contributed by atoms with Gasteiger partial charge in [0, 0.05) is 17.1 Å². The summed E-state index contributed by atoms with van der Waals surface area (Å²) in [5.74, 6) is -1.11. The molecule has 3 aromatic carbocycles. The summed E-state index contributed by atoms with van der Waals surface area (Å²) in [5, 5.41) is 5.26. The lowest BCUT2D eigenvalue weighted by Gasteiger charge is -2.22. The van der Waals surface area contributed by atoms with Crippen LogP contribution in [-0.2, 0) is 42.9 Å². The molecule has 3 aromatic rings. The molecule has 0 aromatic heterocycles. The fraction of sp³-hybridized carbons (Fsp3) is 0.250. The van der Waals surface area contributed by atoms with Gasteiger partial charge in [0.05, 0.1) is 17.9 Å². The Morgan fingerprint density at radius 2 is 1.35 bits per heavy atom. The molecule has 0 unspecified atom stereocenters. The molecule has 0 aliphatic carbocycles. The smallest absolute Gasteiger partial charge is 0.408 e. The van der Waals surface area contributed by atoms with Crippen molar-refractivity contribution < 1.29 is 28.1 Å². The second kappa shape index (κ2) is 14.5. The third-order valence-corrected chi connectivity index (χ3v) is 6.91. The van der Waals surface area contributed by atoms with Gasteiger partial charge in [-0.25, -0.2) is 9.59 Å². The lowest BCUT2D eigenvalue weighted by Crippen LogP contribution is -2.53. The molecule has 0 radical (unpaired) electrons. The van der Waals surface area contributed by atoms with E-state index in [2.05, 4.69) is 10.6 Å². The van der Waals surface area contributed by atoms with Crippen molar-refractivity contribution in [2.24, 2.45) is 0 Å². The summed E-state index contributed by atoms with van der Waals surface area (Å²) in [5.41, 5.74) is 1.62. The molecule has 0 heterocycles. The number of esters is 1. The van der Waals surface area contributed by atoms with Crippen molar-refractivity contribution in [2.45, 2.75) is 36.4 Å². The molecular formula is C28H30N2O6S. The zero-order valence-corrected chi connectivity index (χ0v) is 21.3. The van der Waals surface area contributed by atoms with Gasteiger partial charge in [-0.1, -0.05) is 78.9 Å². The fourth-order valence-corrected chi connectivity index (χ4v) is 4.69. The van der Waals surface area contributed by atoms with Crippen LogP contribution in [0.15, 0.2) is 95.9 Å². The molecule has 0 aliphatic heterocycles. The summed E-state index contributed by atoms with van der Waals surface area (Å²) in [6, 6.07) is 25.1. The minimum absolute atomic E-state index is 0.0441. The van der Waals surface area contributed by atoms with Gasteiger partial charge < -0.3 is 20.1 Å². The van der Waals surface area contributed by atoms with Crippen LogP contribution in [0, 0.1) is 0 Å². The molecule has 2 amide bonds. The highest BCUT2D eigenvalue weighted by Gasteiger charge is 2.28. The highest BCUT2D eigenvalue weighted by Crippen LogP contribution is 2.10. The summed E-state index contributed by atoms with van der Waals surface area (Å²) < 4.78 is 22.8. The maximum Gasteiger partial charge on any atom is 0.408 e. The number of benzene rings is 3. The summed E-state index contributed by atoms with van der Waals surface area (Å²) in [7, 11) is -0.140. The van der Waals surface area contributed by atoms with E-state index in [1.165, 1.54) is 7.11 Å². The summed E-state index contributed by atoms with van der Waals surface area (Å²) >= 11 is 0. The summed E-state index contributed by atoms with van der Waals surface area (Å²) in [4.78, 5) is 38.8. The standard InChI is InChI=1S/C28H30N2O6S/c1-35-27(32)24(17-18-37(34)23-15-9-4-10-16-23)29-26(31)25(19-21-11-5-2-6-12-21)30-28(33)36-20-22-13-7-3-8-14-22/h2-16,24-25H,17-20H2,1H3,(H,29,31)(H,30,33)/t24-,25+,37-/m1/s1. The lowest BCUT2D eigenvalue weighted by molar-refractivity contribution is -0.145. The van der Waals surface area contributed by atoms with Gasteiger partial charge in [0.25, 0.3) is 0 Å². The van der Waals surface area contributed by atoms with Crippen LogP contribution in [0.25, 0.3) is 0 Å². The Bertz CT molecular complexity index is 1180. The number of rotatable bonds is 12. The number of methoxy groups -OCH3 is 1. The minimum Gasteiger partial charge on any atom is -0.467 e. The molecule has 0 fully saturated rings. The van der Waals surface area contributed by atoms with Crippen molar-refractivity contribution in [3.63, 3.8) is 0 Å². The summed E-state index contributed by atoms with van der Waals surface area (Å²) in [6.45, 7) is 0.0441. The molecule has 0 spiro atoms. The van der Waals surface area contributed by atoms with E-state index in [1.807, 2.05) is 66.7 Å². The first kappa shape index (κ1) is 27.6. The Balaban J connectivity index is 1.67. The van der Waals surface area contributed by atoms with Gasteiger partial charge in [0.1, 0.15) is 18.7 Å². The third-order valence-electron chi connectivity index (χ3n) is 5.50. The Morgan fingerprint density at radius 1 is 0.784 bits per heavy atom. The van der Waals surface area contributed by atoms with Crippen molar-refractivity contribution in [3.05, 3.63) is 102 Å². The zero-order chi connectivity index (χ0) is 26.5. The van der Waals surface area contributed by atoms with Crippen molar-refractivity contribution in [2.75, 3.05) is 12.9 Å². The molecule has 0 aliphatic rings. The Kier molecular flexibility index (Phi) is 10.9. The lowest BCUT2D eigenvalue weighted by atomic mass is 10.0. The number of hydrogen-bond donors (Lipinski definition) is 2. The number of ether oxygens (including phenoxy) is 2. The highest BCUT2D eigenvalue weighted by atomic mass is 32.2. The first-order valence-electron chi connectivity index (χ1n) is 11.8. The second-order valence-corrected chi connectivity index (χ2v) is 9.75. The van der Waals surface area contributed by atoms with Gasteiger partial charge in [0.2, 0.25) is 5.91 Å². The number of carbonyl (C=O) groups excluding carboxylic acids is 3. The van der Waals surface area contributed by atoms with E-state index in [0.717, 1.165) is 11.1 Å². The molecular weight excluding hydrogens is 492 g/mol. The van der Waals surface area contributed by atoms with Gasteiger partial charge in [-0.2, -0.15) is 0 Å². The van der Waals surface area contributed by atoms with Crippen molar-refractivity contribution >= 4 is 28.8 Å².